The third-order valence-electron chi connectivity index (χ3n) is 10.8. The summed E-state index contributed by atoms with van der Waals surface area (Å²) in [6.45, 7) is 9.99. The summed E-state index contributed by atoms with van der Waals surface area (Å²) < 4.78 is 33.8. The average molecular weight is 802 g/mol. The van der Waals surface area contributed by atoms with Crippen LogP contribution in [0.5, 0.6) is 0 Å². The highest BCUT2D eigenvalue weighted by atomic mass is 32.2. The second-order valence-corrected chi connectivity index (χ2v) is 16.9. The Morgan fingerprint density at radius 1 is 0.509 bits per heavy atom. The maximum absolute atomic E-state index is 12.8. The summed E-state index contributed by atoms with van der Waals surface area (Å²) in [7, 11) is 0. The zero-order valence-corrected chi connectivity index (χ0v) is 37.2. The maximum atomic E-state index is 12.8. The van der Waals surface area contributed by atoms with Gasteiger partial charge in [-0.2, -0.15) is 0 Å². The van der Waals surface area contributed by atoms with Crippen LogP contribution in [-0.4, -0.2) is 74.2 Å². The summed E-state index contributed by atoms with van der Waals surface area (Å²) in [5.74, 6) is -0.0934. The van der Waals surface area contributed by atoms with E-state index in [1.165, 1.54) is 96.3 Å². The van der Waals surface area contributed by atoms with Gasteiger partial charge in [-0.1, -0.05) is 162 Å². The van der Waals surface area contributed by atoms with Crippen molar-refractivity contribution in [2.75, 3.05) is 32.8 Å². The van der Waals surface area contributed by atoms with Gasteiger partial charge in [-0.15, -0.1) is 4.47 Å². The van der Waals surface area contributed by atoms with Crippen LogP contribution >= 0.6 is 0 Å². The predicted molar refractivity (Wildman–Crippen MR) is 229 cm³/mol. The summed E-state index contributed by atoms with van der Waals surface area (Å²) >= 11 is -2.61. The first-order chi connectivity index (χ1) is 26.8. The van der Waals surface area contributed by atoms with Gasteiger partial charge in [-0.05, 0) is 83.8 Å². The minimum Gasteiger partial charge on any atom is -0.758 e. The van der Waals surface area contributed by atoms with E-state index >= 15 is 0 Å². The van der Waals surface area contributed by atoms with Crippen molar-refractivity contribution >= 4 is 23.2 Å². The summed E-state index contributed by atoms with van der Waals surface area (Å²) in [4.78, 5) is 27.2. The van der Waals surface area contributed by atoms with E-state index in [0.717, 1.165) is 122 Å². The number of nitrogens with zero attached hydrogens (tertiary/aromatic N) is 2. The molecule has 0 spiro atoms. The molecule has 0 aliphatic carbocycles. The van der Waals surface area contributed by atoms with Crippen molar-refractivity contribution in [3.8, 4) is 0 Å². The van der Waals surface area contributed by atoms with Crippen molar-refractivity contribution in [2.24, 2.45) is 0 Å². The Bertz CT molecular complexity index is 849. The fourth-order valence-corrected chi connectivity index (χ4v) is 7.52. The molecular weight excluding hydrogens is 713 g/mol. The van der Waals surface area contributed by atoms with Crippen molar-refractivity contribution < 1.29 is 33.0 Å². The van der Waals surface area contributed by atoms with Gasteiger partial charge in [0.25, 0.3) is 0 Å². The number of hydroxylamine groups is 1. The SMILES string of the molecule is CCCCCCCCCOC(=O)CCCCCCCN(CCCCCCCC(=O)OC(CCCCCCCC)CCCCCCCC)CCCN(O)S(=O)[O-]. The van der Waals surface area contributed by atoms with Crippen molar-refractivity contribution in [1.82, 2.24) is 9.37 Å². The quantitative estimate of drug-likeness (QED) is 0.0280. The average Bonchev–Trinajstić information content (AvgIpc) is 3.17. The number of ether oxygens (including phenoxy) is 2. The minimum atomic E-state index is -2.61. The molecule has 0 saturated carbocycles. The lowest BCUT2D eigenvalue weighted by molar-refractivity contribution is -0.150. The number of unbranched alkanes of at least 4 members (excludes halogenated alkanes) is 24. The Labute approximate surface area is 342 Å². The number of carbonyl (C=O) groups is 2. The molecule has 0 aliphatic rings. The molecule has 0 bridgehead atoms. The highest BCUT2D eigenvalue weighted by Gasteiger charge is 2.14. The second-order valence-electron chi connectivity index (χ2n) is 16.1. The molecule has 0 aliphatic heterocycles. The molecule has 0 radical (unpaired) electrons. The number of hydrogen-bond acceptors (Lipinski definition) is 8. The number of carbonyl (C=O) groups excluding carboxylic acids is 2. The Kier molecular flexibility index (Phi) is 41.7. The topological polar surface area (TPSA) is 119 Å². The Balaban J connectivity index is 4.31. The van der Waals surface area contributed by atoms with Gasteiger partial charge in [0.1, 0.15) is 6.10 Å². The summed E-state index contributed by atoms with van der Waals surface area (Å²) in [5.41, 5.74) is 0. The van der Waals surface area contributed by atoms with Crippen molar-refractivity contribution in [1.29, 1.82) is 0 Å². The van der Waals surface area contributed by atoms with Crippen LogP contribution in [0.2, 0.25) is 0 Å². The molecule has 55 heavy (non-hydrogen) atoms. The molecule has 0 saturated heterocycles. The largest absolute Gasteiger partial charge is 0.758 e. The first-order valence-electron chi connectivity index (χ1n) is 23.5. The van der Waals surface area contributed by atoms with Crippen LogP contribution in [0.3, 0.4) is 0 Å². The lowest BCUT2D eigenvalue weighted by Crippen LogP contribution is -2.31. The van der Waals surface area contributed by atoms with Crippen LogP contribution in [0, 0.1) is 0 Å². The van der Waals surface area contributed by atoms with E-state index in [1.807, 2.05) is 0 Å². The predicted octanol–water partition coefficient (Wildman–Crippen LogP) is 12.6. The van der Waals surface area contributed by atoms with Crippen LogP contribution in [0.1, 0.15) is 239 Å². The van der Waals surface area contributed by atoms with Gasteiger partial charge in [-0.3, -0.25) is 13.8 Å². The molecule has 0 fully saturated rings. The van der Waals surface area contributed by atoms with E-state index in [4.69, 9.17) is 9.47 Å². The zero-order valence-electron chi connectivity index (χ0n) is 36.4. The summed E-state index contributed by atoms with van der Waals surface area (Å²) in [6, 6.07) is 0. The first kappa shape index (κ1) is 53.9. The molecule has 0 amide bonds. The van der Waals surface area contributed by atoms with Crippen molar-refractivity contribution in [3.05, 3.63) is 0 Å². The van der Waals surface area contributed by atoms with Gasteiger partial charge < -0.3 is 24.1 Å². The Morgan fingerprint density at radius 3 is 1.36 bits per heavy atom. The molecule has 1 atom stereocenters. The van der Waals surface area contributed by atoms with Gasteiger partial charge in [0.05, 0.1) is 6.61 Å². The van der Waals surface area contributed by atoms with E-state index in [1.54, 1.807) is 0 Å². The molecule has 0 aromatic carbocycles. The lowest BCUT2D eigenvalue weighted by atomic mass is 10.0. The standard InChI is InChI=1S/C45H90N2O7S/c1-4-7-10-13-16-25-32-42-53-44(48)36-28-21-17-23-30-38-46(40-33-41-47(50)55(51)52)39-31-24-18-22-29-37-45(49)54-43(34-26-19-14-11-8-5-2)35-27-20-15-12-9-6-3/h43,50H,4-42H2,1-3H3,(H,51,52)/p-1. The fourth-order valence-electron chi connectivity index (χ4n) is 7.24. The van der Waals surface area contributed by atoms with Gasteiger partial charge in [-0.25, -0.2) is 0 Å². The molecule has 0 aromatic heterocycles. The molecule has 328 valence electrons. The Morgan fingerprint density at radius 2 is 0.891 bits per heavy atom. The minimum absolute atomic E-state index is 0.0242. The molecule has 1 N–H and O–H groups in total. The van der Waals surface area contributed by atoms with Gasteiger partial charge in [0.2, 0.25) is 0 Å². The lowest BCUT2D eigenvalue weighted by Gasteiger charge is -2.24. The first-order valence-corrected chi connectivity index (χ1v) is 24.5. The molecule has 9 nitrogen and oxygen atoms in total. The monoisotopic (exact) mass is 802 g/mol. The third-order valence-corrected chi connectivity index (χ3v) is 11.3. The van der Waals surface area contributed by atoms with E-state index in [2.05, 4.69) is 25.7 Å². The number of rotatable bonds is 44. The van der Waals surface area contributed by atoms with Crippen molar-refractivity contribution in [2.45, 2.75) is 245 Å². The van der Waals surface area contributed by atoms with Crippen LogP contribution < -0.4 is 0 Å². The molecule has 0 aromatic rings. The number of hydrogen-bond donors (Lipinski definition) is 1. The molecule has 0 heterocycles. The van der Waals surface area contributed by atoms with Crippen LogP contribution in [0.25, 0.3) is 0 Å². The van der Waals surface area contributed by atoms with E-state index in [0.29, 0.717) is 30.3 Å². The van der Waals surface area contributed by atoms with E-state index in [9.17, 15) is 23.6 Å². The molecule has 0 rings (SSSR count). The van der Waals surface area contributed by atoms with Gasteiger partial charge >= 0.3 is 11.9 Å². The maximum Gasteiger partial charge on any atom is 0.306 e. The second kappa shape index (κ2) is 42.5. The van der Waals surface area contributed by atoms with Crippen LogP contribution in [-0.2, 0) is 30.3 Å². The number of esters is 2. The summed E-state index contributed by atoms with van der Waals surface area (Å²) in [5, 5.41) is 9.55. The molecule has 10 heteroatoms. The van der Waals surface area contributed by atoms with E-state index in [-0.39, 0.29) is 24.6 Å². The van der Waals surface area contributed by atoms with Crippen LogP contribution in [0.4, 0.5) is 0 Å². The van der Waals surface area contributed by atoms with Crippen molar-refractivity contribution in [3.63, 3.8) is 0 Å². The smallest absolute Gasteiger partial charge is 0.306 e. The normalized spacial score (nSPS) is 12.3. The van der Waals surface area contributed by atoms with E-state index < -0.39 is 11.3 Å². The molecular formula is C45H89N2O7S-. The van der Waals surface area contributed by atoms with Gasteiger partial charge in [0.15, 0.2) is 0 Å². The Hall–Kier alpha value is -1.07. The summed E-state index contributed by atoms with van der Waals surface area (Å²) in [6.07, 6.45) is 37.6. The molecule has 1 unspecified atom stereocenters. The van der Waals surface area contributed by atoms with Gasteiger partial charge in [0, 0.05) is 30.7 Å². The van der Waals surface area contributed by atoms with Crippen LogP contribution in [0.15, 0.2) is 0 Å². The zero-order chi connectivity index (χ0) is 40.5. The fraction of sp³-hybridized carbons (Fsp3) is 0.956. The highest BCUT2D eigenvalue weighted by molar-refractivity contribution is 7.76. The highest BCUT2D eigenvalue weighted by Crippen LogP contribution is 2.19. The third kappa shape index (κ3) is 39.5.